The van der Waals surface area contributed by atoms with Crippen LogP contribution in [-0.4, -0.2) is 49.8 Å². The van der Waals surface area contributed by atoms with Gasteiger partial charge in [-0.1, -0.05) is 0 Å². The normalized spacial score (nSPS) is 29.8. The predicted molar refractivity (Wildman–Crippen MR) is 62.1 cm³/mol. The second-order valence-corrected chi connectivity index (χ2v) is 4.75. The lowest BCUT2D eigenvalue weighted by molar-refractivity contribution is 0.0128. The molecule has 2 aliphatic rings. The number of nitrogens with zero attached hydrogens (tertiary/aromatic N) is 1. The quantitative estimate of drug-likeness (QED) is 0.759. The van der Waals surface area contributed by atoms with E-state index < -0.39 is 0 Å². The van der Waals surface area contributed by atoms with Gasteiger partial charge in [0, 0.05) is 32.3 Å². The SMILES string of the molecule is CCOC1CCN(C[C@@H]2CCCN2)CC1. The molecule has 3 nitrogen and oxygen atoms in total. The Bertz CT molecular complexity index is 172. The van der Waals surface area contributed by atoms with Crippen LogP contribution in [0.25, 0.3) is 0 Å². The summed E-state index contributed by atoms with van der Waals surface area (Å²) in [6.07, 6.45) is 5.70. The van der Waals surface area contributed by atoms with Crippen molar-refractivity contribution in [3.8, 4) is 0 Å². The highest BCUT2D eigenvalue weighted by Gasteiger charge is 2.22. The molecule has 0 bridgehead atoms. The summed E-state index contributed by atoms with van der Waals surface area (Å²) in [5.41, 5.74) is 0. The predicted octanol–water partition coefficient (Wildman–Crippen LogP) is 1.24. The van der Waals surface area contributed by atoms with E-state index in [9.17, 15) is 0 Å². The first-order chi connectivity index (χ1) is 7.38. The molecular formula is C12H24N2O. The smallest absolute Gasteiger partial charge is 0.0599 e. The van der Waals surface area contributed by atoms with Crippen LogP contribution in [0.4, 0.5) is 0 Å². The summed E-state index contributed by atoms with van der Waals surface area (Å²) in [5.74, 6) is 0. The molecule has 0 aromatic carbocycles. The van der Waals surface area contributed by atoms with Gasteiger partial charge in [-0.3, -0.25) is 0 Å². The average Bonchev–Trinajstić information content (AvgIpc) is 2.74. The average molecular weight is 212 g/mol. The van der Waals surface area contributed by atoms with E-state index in [-0.39, 0.29) is 0 Å². The number of hydrogen-bond acceptors (Lipinski definition) is 3. The fourth-order valence-electron chi connectivity index (χ4n) is 2.72. The van der Waals surface area contributed by atoms with Gasteiger partial charge < -0.3 is 15.0 Å². The molecule has 2 aliphatic heterocycles. The molecule has 2 saturated heterocycles. The van der Waals surface area contributed by atoms with Crippen LogP contribution in [-0.2, 0) is 4.74 Å². The first kappa shape index (κ1) is 11.4. The Morgan fingerprint density at radius 3 is 2.67 bits per heavy atom. The Kier molecular flexibility index (Phi) is 4.42. The van der Waals surface area contributed by atoms with Gasteiger partial charge in [0.15, 0.2) is 0 Å². The van der Waals surface area contributed by atoms with E-state index >= 15 is 0 Å². The maximum Gasteiger partial charge on any atom is 0.0599 e. The van der Waals surface area contributed by atoms with Crippen LogP contribution in [0.3, 0.4) is 0 Å². The van der Waals surface area contributed by atoms with Crippen molar-refractivity contribution in [1.29, 1.82) is 0 Å². The minimum absolute atomic E-state index is 0.530. The number of hydrogen-bond donors (Lipinski definition) is 1. The van der Waals surface area contributed by atoms with E-state index in [2.05, 4.69) is 17.1 Å². The molecule has 1 atom stereocenters. The first-order valence-corrected chi connectivity index (χ1v) is 6.46. The Morgan fingerprint density at radius 1 is 1.27 bits per heavy atom. The lowest BCUT2D eigenvalue weighted by Crippen LogP contribution is -2.43. The molecule has 2 rings (SSSR count). The molecule has 0 aromatic rings. The second-order valence-electron chi connectivity index (χ2n) is 4.75. The van der Waals surface area contributed by atoms with Gasteiger partial charge in [0.25, 0.3) is 0 Å². The number of piperidine rings is 1. The van der Waals surface area contributed by atoms with Gasteiger partial charge >= 0.3 is 0 Å². The third-order valence-electron chi connectivity index (χ3n) is 3.58. The van der Waals surface area contributed by atoms with Crippen LogP contribution in [0, 0.1) is 0 Å². The Hall–Kier alpha value is -0.120. The summed E-state index contributed by atoms with van der Waals surface area (Å²) in [6.45, 7) is 7.88. The molecule has 0 saturated carbocycles. The van der Waals surface area contributed by atoms with Crippen molar-refractivity contribution in [3.63, 3.8) is 0 Å². The van der Waals surface area contributed by atoms with E-state index in [1.807, 2.05) is 0 Å². The van der Waals surface area contributed by atoms with E-state index in [0.717, 1.165) is 12.6 Å². The van der Waals surface area contributed by atoms with Crippen molar-refractivity contribution in [3.05, 3.63) is 0 Å². The first-order valence-electron chi connectivity index (χ1n) is 6.46. The zero-order valence-electron chi connectivity index (χ0n) is 9.87. The molecule has 2 heterocycles. The van der Waals surface area contributed by atoms with E-state index in [1.54, 1.807) is 0 Å². The summed E-state index contributed by atoms with van der Waals surface area (Å²) in [6, 6.07) is 0.758. The maximum atomic E-state index is 5.66. The van der Waals surface area contributed by atoms with Gasteiger partial charge in [-0.2, -0.15) is 0 Å². The minimum Gasteiger partial charge on any atom is -0.378 e. The molecule has 0 aliphatic carbocycles. The lowest BCUT2D eigenvalue weighted by Gasteiger charge is -2.33. The fraction of sp³-hybridized carbons (Fsp3) is 1.00. The van der Waals surface area contributed by atoms with Crippen LogP contribution in [0.5, 0.6) is 0 Å². The molecule has 1 N–H and O–H groups in total. The van der Waals surface area contributed by atoms with Gasteiger partial charge in [0.2, 0.25) is 0 Å². The van der Waals surface area contributed by atoms with Gasteiger partial charge in [-0.05, 0) is 39.2 Å². The summed E-state index contributed by atoms with van der Waals surface area (Å²) in [4.78, 5) is 2.60. The number of likely N-dealkylation sites (tertiary alicyclic amines) is 1. The zero-order valence-corrected chi connectivity index (χ0v) is 9.87. The monoisotopic (exact) mass is 212 g/mol. The number of ether oxygens (including phenoxy) is 1. The number of rotatable bonds is 4. The largest absolute Gasteiger partial charge is 0.378 e. The zero-order chi connectivity index (χ0) is 10.5. The maximum absolute atomic E-state index is 5.66. The van der Waals surface area contributed by atoms with Crippen molar-refractivity contribution < 1.29 is 4.74 Å². The Balaban J connectivity index is 1.64. The molecule has 2 fully saturated rings. The molecule has 0 spiro atoms. The summed E-state index contributed by atoms with van der Waals surface area (Å²) < 4.78 is 5.66. The summed E-state index contributed by atoms with van der Waals surface area (Å²) in [7, 11) is 0. The third kappa shape index (κ3) is 3.44. The Labute approximate surface area is 93.2 Å². The third-order valence-corrected chi connectivity index (χ3v) is 3.58. The van der Waals surface area contributed by atoms with Gasteiger partial charge in [0.05, 0.1) is 6.10 Å². The van der Waals surface area contributed by atoms with Gasteiger partial charge in [0.1, 0.15) is 0 Å². The molecule has 3 heteroatoms. The van der Waals surface area contributed by atoms with Crippen molar-refractivity contribution in [2.75, 3.05) is 32.8 Å². The van der Waals surface area contributed by atoms with Crippen LogP contribution in [0.1, 0.15) is 32.6 Å². The van der Waals surface area contributed by atoms with Gasteiger partial charge in [-0.15, -0.1) is 0 Å². The Morgan fingerprint density at radius 2 is 2.07 bits per heavy atom. The van der Waals surface area contributed by atoms with Crippen LogP contribution in [0.15, 0.2) is 0 Å². The molecule has 0 unspecified atom stereocenters. The van der Waals surface area contributed by atoms with Crippen molar-refractivity contribution in [2.45, 2.75) is 44.8 Å². The van der Waals surface area contributed by atoms with Crippen molar-refractivity contribution in [1.82, 2.24) is 10.2 Å². The molecular weight excluding hydrogens is 188 g/mol. The van der Waals surface area contributed by atoms with Crippen LogP contribution < -0.4 is 5.32 Å². The van der Waals surface area contributed by atoms with Crippen LogP contribution >= 0.6 is 0 Å². The van der Waals surface area contributed by atoms with Gasteiger partial charge in [-0.25, -0.2) is 0 Å². The van der Waals surface area contributed by atoms with Crippen LogP contribution in [0.2, 0.25) is 0 Å². The molecule has 0 radical (unpaired) electrons. The van der Waals surface area contributed by atoms with Crippen molar-refractivity contribution >= 4 is 0 Å². The topological polar surface area (TPSA) is 24.5 Å². The molecule has 88 valence electrons. The van der Waals surface area contributed by atoms with Crippen molar-refractivity contribution in [2.24, 2.45) is 0 Å². The highest BCUT2D eigenvalue weighted by molar-refractivity contribution is 4.80. The second kappa shape index (κ2) is 5.83. The van der Waals surface area contributed by atoms with E-state index in [1.165, 1.54) is 51.9 Å². The number of nitrogens with one attached hydrogen (secondary N) is 1. The van der Waals surface area contributed by atoms with E-state index in [0.29, 0.717) is 6.10 Å². The molecule has 0 aromatic heterocycles. The summed E-state index contributed by atoms with van der Waals surface area (Å²) >= 11 is 0. The summed E-state index contributed by atoms with van der Waals surface area (Å²) in [5, 5.41) is 3.57. The fourth-order valence-corrected chi connectivity index (χ4v) is 2.72. The molecule has 15 heavy (non-hydrogen) atoms. The molecule has 0 amide bonds. The standard InChI is InChI=1S/C12H24N2O/c1-2-15-12-5-8-14(9-6-12)10-11-4-3-7-13-11/h11-13H,2-10H2,1H3/t11-/m0/s1. The highest BCUT2D eigenvalue weighted by atomic mass is 16.5. The lowest BCUT2D eigenvalue weighted by atomic mass is 10.1. The van der Waals surface area contributed by atoms with E-state index in [4.69, 9.17) is 4.74 Å². The highest BCUT2D eigenvalue weighted by Crippen LogP contribution is 2.15. The minimum atomic E-state index is 0.530.